The normalized spacial score (nSPS) is 11.6. The second-order valence-corrected chi connectivity index (χ2v) is 6.81. The van der Waals surface area contributed by atoms with Crippen LogP contribution in [0.2, 0.25) is 0 Å². The van der Waals surface area contributed by atoms with Gasteiger partial charge in [-0.3, -0.25) is 4.79 Å². The van der Waals surface area contributed by atoms with E-state index in [0.717, 1.165) is 30.0 Å². The van der Waals surface area contributed by atoms with Gasteiger partial charge >= 0.3 is 0 Å². The predicted molar refractivity (Wildman–Crippen MR) is 112 cm³/mol. The van der Waals surface area contributed by atoms with Crippen molar-refractivity contribution in [1.29, 1.82) is 0 Å². The number of hydrogen-bond acceptors (Lipinski definition) is 2. The van der Waals surface area contributed by atoms with Gasteiger partial charge in [0.2, 0.25) is 0 Å². The maximum atomic E-state index is 13.0. The molecule has 4 nitrogen and oxygen atoms in total. The standard InChI is InChI=1S/C24H26N2O2/c1-18-9-6-7-10-19(18)15-16-25-23(20-11-4-3-5-12-20)24(27)26-21-13-8-14-22(17-21)28-2/h3-14,17,23,25H,15-16H2,1-2H3,(H,26,27)/p+1/t23-/m0/s1. The number of nitrogens with two attached hydrogens (primary N) is 1. The molecule has 0 unspecified atom stereocenters. The fourth-order valence-corrected chi connectivity index (χ4v) is 3.27. The Bertz CT molecular complexity index is 909. The average Bonchev–Trinajstić information content (AvgIpc) is 2.73. The van der Waals surface area contributed by atoms with Gasteiger partial charge in [-0.15, -0.1) is 0 Å². The third-order valence-electron chi connectivity index (χ3n) is 4.86. The number of carbonyl (C=O) groups excluding carboxylic acids is 1. The summed E-state index contributed by atoms with van der Waals surface area (Å²) in [5.41, 5.74) is 4.33. The van der Waals surface area contributed by atoms with Crippen LogP contribution in [0.4, 0.5) is 5.69 Å². The van der Waals surface area contributed by atoms with E-state index in [1.54, 1.807) is 7.11 Å². The molecule has 144 valence electrons. The number of methoxy groups -OCH3 is 1. The third kappa shape index (κ3) is 5.21. The lowest BCUT2D eigenvalue weighted by molar-refractivity contribution is -0.682. The number of quaternary nitrogens is 1. The molecule has 0 saturated carbocycles. The Morgan fingerprint density at radius 2 is 1.75 bits per heavy atom. The van der Waals surface area contributed by atoms with E-state index in [-0.39, 0.29) is 11.9 Å². The molecule has 4 heteroatoms. The first-order valence-corrected chi connectivity index (χ1v) is 9.55. The van der Waals surface area contributed by atoms with Crippen molar-refractivity contribution in [2.75, 3.05) is 19.0 Å². The Kier molecular flexibility index (Phi) is 6.82. The molecule has 0 aliphatic heterocycles. The lowest BCUT2D eigenvalue weighted by Crippen LogP contribution is -2.87. The summed E-state index contributed by atoms with van der Waals surface area (Å²) in [7, 11) is 1.62. The van der Waals surface area contributed by atoms with E-state index in [1.807, 2.05) is 54.6 Å². The smallest absolute Gasteiger partial charge is 0.287 e. The molecule has 0 heterocycles. The third-order valence-corrected chi connectivity index (χ3v) is 4.86. The van der Waals surface area contributed by atoms with Crippen LogP contribution in [0.15, 0.2) is 78.9 Å². The molecule has 3 aromatic carbocycles. The van der Waals surface area contributed by atoms with E-state index in [1.165, 1.54) is 11.1 Å². The maximum absolute atomic E-state index is 13.0. The van der Waals surface area contributed by atoms with Gasteiger partial charge in [-0.25, -0.2) is 0 Å². The molecule has 3 rings (SSSR count). The topological polar surface area (TPSA) is 54.9 Å². The summed E-state index contributed by atoms with van der Waals surface area (Å²) in [5.74, 6) is 0.682. The van der Waals surface area contributed by atoms with E-state index in [0.29, 0.717) is 0 Å². The van der Waals surface area contributed by atoms with Crippen LogP contribution in [-0.2, 0) is 11.2 Å². The van der Waals surface area contributed by atoms with Crippen molar-refractivity contribution in [3.05, 3.63) is 95.6 Å². The molecule has 28 heavy (non-hydrogen) atoms. The van der Waals surface area contributed by atoms with Crippen LogP contribution in [0.3, 0.4) is 0 Å². The number of anilines is 1. The molecule has 0 aromatic heterocycles. The van der Waals surface area contributed by atoms with Gasteiger partial charge in [-0.2, -0.15) is 0 Å². The van der Waals surface area contributed by atoms with Gasteiger partial charge in [-0.05, 0) is 30.2 Å². The van der Waals surface area contributed by atoms with Crippen LogP contribution >= 0.6 is 0 Å². The van der Waals surface area contributed by atoms with Gasteiger partial charge in [0.05, 0.1) is 13.7 Å². The fourth-order valence-electron chi connectivity index (χ4n) is 3.27. The van der Waals surface area contributed by atoms with Crippen LogP contribution in [-0.4, -0.2) is 19.6 Å². The van der Waals surface area contributed by atoms with Gasteiger partial charge in [0, 0.05) is 23.7 Å². The number of aryl methyl sites for hydroxylation is 1. The second-order valence-electron chi connectivity index (χ2n) is 6.81. The highest BCUT2D eigenvalue weighted by molar-refractivity contribution is 5.94. The molecule has 0 fully saturated rings. The Labute approximate surface area is 166 Å². The van der Waals surface area contributed by atoms with Gasteiger partial charge in [0.1, 0.15) is 5.75 Å². The zero-order valence-corrected chi connectivity index (χ0v) is 16.4. The van der Waals surface area contributed by atoms with Crippen LogP contribution in [0.1, 0.15) is 22.7 Å². The quantitative estimate of drug-likeness (QED) is 0.633. The molecule has 3 aromatic rings. The average molecular weight is 375 g/mol. The zero-order valence-electron chi connectivity index (χ0n) is 16.4. The van der Waals surface area contributed by atoms with Crippen LogP contribution in [0, 0.1) is 6.92 Å². The molecular weight excluding hydrogens is 348 g/mol. The Balaban J connectivity index is 1.71. The summed E-state index contributed by atoms with van der Waals surface area (Å²) in [6, 6.07) is 25.4. The highest BCUT2D eigenvalue weighted by Gasteiger charge is 2.24. The summed E-state index contributed by atoms with van der Waals surface area (Å²) >= 11 is 0. The Morgan fingerprint density at radius 3 is 2.50 bits per heavy atom. The summed E-state index contributed by atoms with van der Waals surface area (Å²) in [6.45, 7) is 2.95. The molecule has 1 atom stereocenters. The molecule has 0 spiro atoms. The van der Waals surface area contributed by atoms with Crippen molar-refractivity contribution < 1.29 is 14.8 Å². The highest BCUT2D eigenvalue weighted by atomic mass is 16.5. The number of carbonyl (C=O) groups is 1. The minimum absolute atomic E-state index is 0.0377. The second kappa shape index (κ2) is 9.72. The number of ether oxygens (including phenoxy) is 1. The summed E-state index contributed by atoms with van der Waals surface area (Å²) < 4.78 is 5.25. The molecule has 0 aliphatic rings. The highest BCUT2D eigenvalue weighted by Crippen LogP contribution is 2.18. The maximum Gasteiger partial charge on any atom is 0.287 e. The minimum Gasteiger partial charge on any atom is -0.497 e. The first kappa shape index (κ1) is 19.6. The largest absolute Gasteiger partial charge is 0.497 e. The SMILES string of the molecule is COc1cccc(NC(=O)[C@@H]([NH2+]CCc2ccccc2C)c2ccccc2)c1. The first-order chi connectivity index (χ1) is 13.7. The molecule has 3 N–H and O–H groups in total. The van der Waals surface area contributed by atoms with Crippen molar-refractivity contribution in [1.82, 2.24) is 0 Å². The van der Waals surface area contributed by atoms with Gasteiger partial charge in [0.25, 0.3) is 5.91 Å². The Hall–Kier alpha value is -3.11. The number of hydrogen-bond donors (Lipinski definition) is 2. The summed E-state index contributed by atoms with van der Waals surface area (Å²) in [4.78, 5) is 13.0. The number of benzene rings is 3. The molecule has 1 amide bonds. The Morgan fingerprint density at radius 1 is 1.00 bits per heavy atom. The molecule has 0 aliphatic carbocycles. The van der Waals surface area contributed by atoms with E-state index in [4.69, 9.17) is 4.74 Å². The van der Waals surface area contributed by atoms with E-state index in [9.17, 15) is 4.79 Å². The summed E-state index contributed by atoms with van der Waals surface area (Å²) in [5, 5.41) is 5.13. The van der Waals surface area contributed by atoms with Crippen molar-refractivity contribution in [2.45, 2.75) is 19.4 Å². The molecule has 0 saturated heterocycles. The van der Waals surface area contributed by atoms with Crippen molar-refractivity contribution >= 4 is 11.6 Å². The molecule has 0 bridgehead atoms. The van der Waals surface area contributed by atoms with Crippen molar-refractivity contribution in [3.8, 4) is 5.75 Å². The van der Waals surface area contributed by atoms with Crippen LogP contribution in [0.5, 0.6) is 5.75 Å². The lowest BCUT2D eigenvalue weighted by atomic mass is 10.0. The molecule has 0 radical (unpaired) electrons. The van der Waals surface area contributed by atoms with Gasteiger partial charge in [0.15, 0.2) is 6.04 Å². The number of amides is 1. The predicted octanol–water partition coefficient (Wildman–Crippen LogP) is 3.49. The van der Waals surface area contributed by atoms with Crippen molar-refractivity contribution in [2.24, 2.45) is 0 Å². The monoisotopic (exact) mass is 375 g/mol. The number of nitrogens with one attached hydrogen (secondary N) is 1. The van der Waals surface area contributed by atoms with E-state index < -0.39 is 0 Å². The van der Waals surface area contributed by atoms with Crippen molar-refractivity contribution in [3.63, 3.8) is 0 Å². The van der Waals surface area contributed by atoms with Crippen LogP contribution in [0.25, 0.3) is 0 Å². The van der Waals surface area contributed by atoms with E-state index in [2.05, 4.69) is 41.8 Å². The number of rotatable bonds is 8. The van der Waals surface area contributed by atoms with Gasteiger partial charge < -0.3 is 15.4 Å². The van der Waals surface area contributed by atoms with Gasteiger partial charge in [-0.1, -0.05) is 60.7 Å². The molecular formula is C24H27N2O2+. The van der Waals surface area contributed by atoms with E-state index >= 15 is 0 Å². The van der Waals surface area contributed by atoms with Crippen LogP contribution < -0.4 is 15.4 Å². The summed E-state index contributed by atoms with van der Waals surface area (Å²) in [6.07, 6.45) is 0.919. The first-order valence-electron chi connectivity index (χ1n) is 9.55. The minimum atomic E-state index is -0.309. The fraction of sp³-hybridized carbons (Fsp3) is 0.208. The zero-order chi connectivity index (χ0) is 19.8. The lowest BCUT2D eigenvalue weighted by Gasteiger charge is -2.17.